The summed E-state index contributed by atoms with van der Waals surface area (Å²) in [4.78, 5) is 0. The minimum absolute atomic E-state index is 0.238. The van der Waals surface area contributed by atoms with Crippen LogP contribution in [0.5, 0.6) is 0 Å². The number of nitrogens with one attached hydrogen (secondary N) is 2. The second-order valence-corrected chi connectivity index (χ2v) is 12.7. The molecular weight excluding hydrogens is 366 g/mol. The first-order valence-electron chi connectivity index (χ1n) is 10.1. The van der Waals surface area contributed by atoms with E-state index < -0.39 is 21.8 Å². The third-order valence-corrected chi connectivity index (χ3v) is 6.64. The van der Waals surface area contributed by atoms with Crippen molar-refractivity contribution in [2.45, 2.75) is 62.6 Å². The average molecular weight is 401 g/mol. The van der Waals surface area contributed by atoms with Crippen LogP contribution in [-0.4, -0.2) is 50.1 Å². The smallest absolute Gasteiger partial charge is 0.126 e. The molecule has 6 heteroatoms. The summed E-state index contributed by atoms with van der Waals surface area (Å²) < 4.78 is 37.0. The van der Waals surface area contributed by atoms with Crippen molar-refractivity contribution in [1.29, 1.82) is 0 Å². The van der Waals surface area contributed by atoms with Gasteiger partial charge in [0.2, 0.25) is 0 Å². The Morgan fingerprint density at radius 1 is 1.04 bits per heavy atom. The molecule has 27 heavy (non-hydrogen) atoms. The molecule has 0 radical (unpaired) electrons. The van der Waals surface area contributed by atoms with Crippen molar-refractivity contribution < 1.29 is 13.5 Å². The molecule has 3 rings (SSSR count). The zero-order valence-corrected chi connectivity index (χ0v) is 17.6. The van der Waals surface area contributed by atoms with Gasteiger partial charge in [-0.05, 0) is 87.5 Å². The van der Waals surface area contributed by atoms with Crippen LogP contribution in [0.4, 0.5) is 8.78 Å². The molecule has 1 aromatic carbocycles. The van der Waals surface area contributed by atoms with E-state index in [1.165, 1.54) is 25.0 Å². The zero-order chi connectivity index (χ0) is 19.4. The van der Waals surface area contributed by atoms with Crippen LogP contribution in [0.15, 0.2) is 18.2 Å². The van der Waals surface area contributed by atoms with Crippen LogP contribution in [0.3, 0.4) is 0 Å². The lowest BCUT2D eigenvalue weighted by Gasteiger charge is -2.40. The summed E-state index contributed by atoms with van der Waals surface area (Å²) in [7, 11) is -0.752. The molecule has 1 saturated carbocycles. The fraction of sp³-hybridized carbons (Fsp3) is 0.714. The van der Waals surface area contributed by atoms with Gasteiger partial charge in [-0.15, -0.1) is 0 Å². The molecule has 0 aromatic heterocycles. The lowest BCUT2D eigenvalue weighted by molar-refractivity contribution is 0.00530. The van der Waals surface area contributed by atoms with E-state index in [9.17, 15) is 8.78 Å². The molecule has 1 aliphatic carbocycles. The van der Waals surface area contributed by atoms with Crippen molar-refractivity contribution in [2.24, 2.45) is 0 Å². The van der Waals surface area contributed by atoms with Gasteiger partial charge in [-0.25, -0.2) is 8.78 Å². The van der Waals surface area contributed by atoms with Crippen molar-refractivity contribution in [3.63, 3.8) is 0 Å². The molecule has 0 amide bonds. The number of hydrogen-bond acceptors (Lipinski definition) is 3. The summed E-state index contributed by atoms with van der Waals surface area (Å²) in [5, 5.41) is 3.62. The largest absolute Gasteiger partial charge is 0.377 e. The molecule has 2 aliphatic rings. The predicted molar refractivity (Wildman–Crippen MR) is 111 cm³/mol. The van der Waals surface area contributed by atoms with Crippen molar-refractivity contribution in [3.05, 3.63) is 35.4 Å². The molecule has 154 valence electrons. The highest BCUT2D eigenvalue weighted by molar-refractivity contribution is 8.30. The molecule has 0 unspecified atom stereocenters. The summed E-state index contributed by atoms with van der Waals surface area (Å²) in [6, 6.07) is 4.73. The van der Waals surface area contributed by atoms with Crippen molar-refractivity contribution in [2.75, 3.05) is 31.9 Å². The van der Waals surface area contributed by atoms with Crippen molar-refractivity contribution in [1.82, 2.24) is 10.0 Å². The molecule has 1 heterocycles. The van der Waals surface area contributed by atoms with Crippen LogP contribution in [0.25, 0.3) is 0 Å². The van der Waals surface area contributed by atoms with Crippen LogP contribution in [0.1, 0.15) is 50.0 Å². The van der Waals surface area contributed by atoms with Gasteiger partial charge in [0.1, 0.15) is 11.6 Å². The normalized spacial score (nSPS) is 30.3. The van der Waals surface area contributed by atoms with E-state index in [2.05, 4.69) is 28.8 Å². The van der Waals surface area contributed by atoms with Gasteiger partial charge in [0.05, 0.1) is 12.7 Å². The second-order valence-electron chi connectivity index (χ2n) is 8.77. The molecule has 0 spiro atoms. The van der Waals surface area contributed by atoms with E-state index in [1.54, 1.807) is 0 Å². The molecule has 1 aromatic rings. The number of rotatable bonds is 6. The van der Waals surface area contributed by atoms with E-state index in [-0.39, 0.29) is 12.0 Å². The summed E-state index contributed by atoms with van der Waals surface area (Å²) >= 11 is 0. The summed E-state index contributed by atoms with van der Waals surface area (Å²) in [6.45, 7) is 1.79. The van der Waals surface area contributed by atoms with Crippen molar-refractivity contribution in [3.8, 4) is 0 Å². The molecule has 3 nitrogen and oxygen atoms in total. The van der Waals surface area contributed by atoms with Gasteiger partial charge in [-0.3, -0.25) is 4.72 Å². The third kappa shape index (κ3) is 6.41. The van der Waals surface area contributed by atoms with Crippen LogP contribution in [0, 0.1) is 11.6 Å². The Morgan fingerprint density at radius 2 is 1.70 bits per heavy atom. The van der Waals surface area contributed by atoms with Gasteiger partial charge < -0.3 is 10.1 Å². The van der Waals surface area contributed by atoms with E-state index in [0.29, 0.717) is 12.1 Å². The highest BCUT2D eigenvalue weighted by atomic mass is 32.3. The van der Waals surface area contributed by atoms with E-state index in [1.807, 2.05) is 0 Å². The molecule has 2 atom stereocenters. The number of hydrogen-bond donors (Lipinski definition) is 2. The van der Waals surface area contributed by atoms with Gasteiger partial charge in [-0.1, -0.05) is 0 Å². The first kappa shape index (κ1) is 21.0. The zero-order valence-electron chi connectivity index (χ0n) is 16.8. The lowest BCUT2D eigenvalue weighted by Crippen LogP contribution is -2.54. The first-order valence-corrected chi connectivity index (χ1v) is 12.9. The minimum Gasteiger partial charge on any atom is -0.377 e. The van der Waals surface area contributed by atoms with Gasteiger partial charge in [-0.2, -0.15) is 10.2 Å². The maximum atomic E-state index is 13.5. The Hall–Kier alpha value is -0.690. The Kier molecular flexibility index (Phi) is 7.17. The van der Waals surface area contributed by atoms with Crippen LogP contribution in [0.2, 0.25) is 0 Å². The topological polar surface area (TPSA) is 33.3 Å². The Labute approximate surface area is 164 Å². The van der Waals surface area contributed by atoms with Crippen LogP contribution < -0.4 is 10.0 Å². The minimum atomic E-state index is -0.752. The fourth-order valence-electron chi connectivity index (χ4n) is 4.34. The standard InChI is InChI=1S/C21H34F2N2OS/c1-27(2,3)25-20-5-4-10-24-21(20)14-26-19-8-6-15(7-9-19)16-11-17(22)13-18(23)12-16/h11-13,15,19-21,24-25H,4-10,14H2,1-3H3/t15?,19?,20-,21-/m0/s1. The van der Waals surface area contributed by atoms with Gasteiger partial charge in [0.15, 0.2) is 0 Å². The average Bonchev–Trinajstić information content (AvgIpc) is 2.59. The van der Waals surface area contributed by atoms with Gasteiger partial charge in [0, 0.05) is 18.2 Å². The van der Waals surface area contributed by atoms with E-state index in [4.69, 9.17) is 4.74 Å². The molecule has 1 saturated heterocycles. The van der Waals surface area contributed by atoms with E-state index in [0.717, 1.165) is 50.5 Å². The predicted octanol–water partition coefficient (Wildman–Crippen LogP) is 4.33. The molecule has 2 fully saturated rings. The quantitative estimate of drug-likeness (QED) is 0.746. The number of halogens is 2. The SMILES string of the molecule is CS(C)(C)N[C@H]1CCCN[C@H]1COC1CCC(c2cc(F)cc(F)c2)CC1. The first-order chi connectivity index (χ1) is 12.8. The summed E-state index contributed by atoms with van der Waals surface area (Å²) in [5.74, 6) is -0.723. The monoisotopic (exact) mass is 400 g/mol. The third-order valence-electron chi connectivity index (χ3n) is 5.63. The lowest BCUT2D eigenvalue weighted by atomic mass is 9.82. The molecule has 0 bridgehead atoms. The maximum absolute atomic E-state index is 13.5. The molecule has 2 N–H and O–H groups in total. The van der Waals surface area contributed by atoms with Crippen LogP contribution in [-0.2, 0) is 4.74 Å². The van der Waals surface area contributed by atoms with Gasteiger partial charge >= 0.3 is 0 Å². The fourth-order valence-corrected chi connectivity index (χ4v) is 5.53. The molecular formula is C21H34F2N2OS. The highest BCUT2D eigenvalue weighted by Crippen LogP contribution is 2.35. The maximum Gasteiger partial charge on any atom is 0.126 e. The van der Waals surface area contributed by atoms with Gasteiger partial charge in [0.25, 0.3) is 0 Å². The van der Waals surface area contributed by atoms with E-state index >= 15 is 0 Å². The number of ether oxygens (including phenoxy) is 1. The van der Waals surface area contributed by atoms with Crippen molar-refractivity contribution >= 4 is 10.2 Å². The summed E-state index contributed by atoms with van der Waals surface area (Å²) in [5.41, 5.74) is 0.789. The van der Waals surface area contributed by atoms with Crippen LogP contribution >= 0.6 is 10.2 Å². The Bertz CT molecular complexity index is 594. The molecule has 1 aliphatic heterocycles. The second kappa shape index (κ2) is 9.21. The highest BCUT2D eigenvalue weighted by Gasteiger charge is 2.29. The number of benzene rings is 1. The Balaban J connectivity index is 1.47. The summed E-state index contributed by atoms with van der Waals surface area (Å²) in [6.07, 6.45) is 13.3. The number of piperidine rings is 1. The Morgan fingerprint density at radius 3 is 2.33 bits per heavy atom.